The van der Waals surface area contributed by atoms with Gasteiger partial charge < -0.3 is 9.80 Å². The van der Waals surface area contributed by atoms with Gasteiger partial charge >= 0.3 is 0 Å². The van der Waals surface area contributed by atoms with Crippen LogP contribution < -0.4 is 0 Å². The number of rotatable bonds is 3. The highest BCUT2D eigenvalue weighted by atomic mass is 16.2. The topological polar surface area (TPSA) is 56.8 Å². The lowest BCUT2D eigenvalue weighted by Gasteiger charge is -2.40. The average molecular weight is 370 g/mol. The molecule has 0 aromatic carbocycles. The third-order valence-corrected chi connectivity index (χ3v) is 6.36. The minimum Gasteiger partial charge on any atom is -0.341 e. The summed E-state index contributed by atoms with van der Waals surface area (Å²) in [5, 5.41) is 0. The van der Waals surface area contributed by atoms with E-state index in [0.29, 0.717) is 18.7 Å². The Hall–Kier alpha value is -1.95. The number of hydrogen-bond acceptors (Lipinski definition) is 4. The van der Waals surface area contributed by atoms with E-state index in [1.165, 1.54) is 25.7 Å². The maximum atomic E-state index is 12.9. The molecule has 6 nitrogen and oxygen atoms in total. The first kappa shape index (κ1) is 18.4. The van der Waals surface area contributed by atoms with Gasteiger partial charge in [0, 0.05) is 57.2 Å². The van der Waals surface area contributed by atoms with Crippen molar-refractivity contribution in [3.05, 3.63) is 29.6 Å². The third kappa shape index (κ3) is 4.00. The minimum atomic E-state index is -0.0367. The molecule has 0 spiro atoms. The molecule has 3 aliphatic rings. The predicted molar refractivity (Wildman–Crippen MR) is 103 cm³/mol. The first-order valence-corrected chi connectivity index (χ1v) is 10.4. The second kappa shape index (κ2) is 7.97. The van der Waals surface area contributed by atoms with Crippen molar-refractivity contribution >= 4 is 11.8 Å². The molecule has 27 heavy (non-hydrogen) atoms. The summed E-state index contributed by atoms with van der Waals surface area (Å²) in [5.41, 5.74) is 1.50. The third-order valence-electron chi connectivity index (χ3n) is 6.36. The second-order valence-corrected chi connectivity index (χ2v) is 8.25. The van der Waals surface area contributed by atoms with Gasteiger partial charge in [0.05, 0.1) is 11.5 Å². The van der Waals surface area contributed by atoms with Gasteiger partial charge in [-0.1, -0.05) is 12.8 Å². The summed E-state index contributed by atoms with van der Waals surface area (Å²) < 4.78 is 0. The van der Waals surface area contributed by atoms with Gasteiger partial charge in [-0.05, 0) is 38.3 Å². The predicted octanol–water partition coefficient (Wildman–Crippen LogP) is 1.94. The van der Waals surface area contributed by atoms with Gasteiger partial charge in [0.25, 0.3) is 5.91 Å². The van der Waals surface area contributed by atoms with Crippen LogP contribution in [0.4, 0.5) is 0 Å². The van der Waals surface area contributed by atoms with E-state index >= 15 is 0 Å². The van der Waals surface area contributed by atoms with Crippen LogP contribution in [0.15, 0.2) is 18.3 Å². The van der Waals surface area contributed by atoms with Gasteiger partial charge in [-0.2, -0.15) is 0 Å². The Morgan fingerprint density at radius 2 is 1.74 bits per heavy atom. The number of carbonyl (C=O) groups is 2. The molecule has 3 fully saturated rings. The second-order valence-electron chi connectivity index (χ2n) is 8.25. The first-order chi connectivity index (χ1) is 13.1. The molecule has 0 unspecified atom stereocenters. The Morgan fingerprint density at radius 1 is 0.963 bits per heavy atom. The lowest BCUT2D eigenvalue weighted by Crippen LogP contribution is -2.56. The molecule has 1 saturated carbocycles. The van der Waals surface area contributed by atoms with Gasteiger partial charge in [0.2, 0.25) is 5.91 Å². The normalized spacial score (nSPS) is 22.6. The largest absolute Gasteiger partial charge is 0.341 e. The van der Waals surface area contributed by atoms with Crippen LogP contribution in [0.3, 0.4) is 0 Å². The fourth-order valence-corrected chi connectivity index (χ4v) is 4.63. The molecule has 6 heteroatoms. The Labute approximate surface area is 161 Å². The Morgan fingerprint density at radius 3 is 2.44 bits per heavy atom. The molecule has 2 saturated heterocycles. The van der Waals surface area contributed by atoms with E-state index in [2.05, 4.69) is 9.88 Å². The molecule has 0 radical (unpaired) electrons. The quantitative estimate of drug-likeness (QED) is 0.816. The molecular formula is C21H30N4O2. The zero-order valence-electron chi connectivity index (χ0n) is 16.3. The molecule has 0 bridgehead atoms. The highest BCUT2D eigenvalue weighted by molar-refractivity contribution is 5.95. The van der Waals surface area contributed by atoms with Gasteiger partial charge in [-0.15, -0.1) is 0 Å². The van der Waals surface area contributed by atoms with Crippen LogP contribution in [0.2, 0.25) is 0 Å². The molecular weight excluding hydrogens is 340 g/mol. The van der Waals surface area contributed by atoms with Gasteiger partial charge in [-0.25, -0.2) is 0 Å². The van der Waals surface area contributed by atoms with Crippen molar-refractivity contribution in [1.29, 1.82) is 0 Å². The summed E-state index contributed by atoms with van der Waals surface area (Å²) >= 11 is 0. The number of nitrogens with zero attached hydrogens (tertiary/aromatic N) is 4. The standard InChI is InChI=1S/C21H30N4O2/c1-16-7-8-17(13-22-16)20(26)25-14-18(15-25)21(27)24-10-4-9-23(11-12-24)19-5-2-3-6-19/h7-8,13,18-19H,2-6,9-12,14-15H2,1H3. The molecule has 0 atom stereocenters. The summed E-state index contributed by atoms with van der Waals surface area (Å²) in [6.07, 6.45) is 8.04. The number of aromatic nitrogens is 1. The van der Waals surface area contributed by atoms with Crippen molar-refractivity contribution in [2.24, 2.45) is 5.92 Å². The minimum absolute atomic E-state index is 0.0187. The molecule has 1 aromatic rings. The van der Waals surface area contributed by atoms with Gasteiger partial charge in [-0.3, -0.25) is 19.5 Å². The molecule has 1 aliphatic carbocycles. The van der Waals surface area contributed by atoms with Gasteiger partial charge in [0.15, 0.2) is 0 Å². The lowest BCUT2D eigenvalue weighted by molar-refractivity contribution is -0.139. The van der Waals surface area contributed by atoms with E-state index in [1.807, 2.05) is 24.0 Å². The molecule has 146 valence electrons. The molecule has 0 N–H and O–H groups in total. The molecule has 2 aliphatic heterocycles. The summed E-state index contributed by atoms with van der Waals surface area (Å²) in [4.78, 5) is 35.9. The van der Waals surface area contributed by atoms with Crippen LogP contribution in [-0.2, 0) is 4.79 Å². The molecule has 4 rings (SSSR count). The van der Waals surface area contributed by atoms with E-state index in [-0.39, 0.29) is 17.7 Å². The van der Waals surface area contributed by atoms with Crippen molar-refractivity contribution in [3.63, 3.8) is 0 Å². The van der Waals surface area contributed by atoms with Crippen molar-refractivity contribution in [2.75, 3.05) is 39.3 Å². The van der Waals surface area contributed by atoms with Crippen molar-refractivity contribution in [2.45, 2.75) is 45.1 Å². The monoisotopic (exact) mass is 370 g/mol. The number of pyridine rings is 1. The lowest BCUT2D eigenvalue weighted by atomic mass is 9.97. The van der Waals surface area contributed by atoms with E-state index in [4.69, 9.17) is 0 Å². The zero-order valence-corrected chi connectivity index (χ0v) is 16.3. The van der Waals surface area contributed by atoms with E-state index in [9.17, 15) is 9.59 Å². The van der Waals surface area contributed by atoms with Crippen molar-refractivity contribution in [1.82, 2.24) is 19.7 Å². The Kier molecular flexibility index (Phi) is 5.43. The van der Waals surface area contributed by atoms with Gasteiger partial charge in [0.1, 0.15) is 0 Å². The van der Waals surface area contributed by atoms with E-state index in [1.54, 1.807) is 11.1 Å². The van der Waals surface area contributed by atoms with Crippen molar-refractivity contribution in [3.8, 4) is 0 Å². The smallest absolute Gasteiger partial charge is 0.255 e. The Balaban J connectivity index is 1.27. The van der Waals surface area contributed by atoms with Crippen molar-refractivity contribution < 1.29 is 9.59 Å². The van der Waals surface area contributed by atoms with E-state index in [0.717, 1.165) is 44.3 Å². The summed E-state index contributed by atoms with van der Waals surface area (Å²) in [6.45, 7) is 6.78. The highest BCUT2D eigenvalue weighted by Gasteiger charge is 2.38. The Bertz CT molecular complexity index is 678. The number of aryl methyl sites for hydroxylation is 1. The van der Waals surface area contributed by atoms with Crippen LogP contribution in [0.25, 0.3) is 0 Å². The van der Waals surface area contributed by atoms with Crippen LogP contribution >= 0.6 is 0 Å². The SMILES string of the molecule is Cc1ccc(C(=O)N2CC(C(=O)N3CCCN(C4CCCC4)CC3)C2)cn1. The highest BCUT2D eigenvalue weighted by Crippen LogP contribution is 2.25. The average Bonchev–Trinajstić information content (AvgIpc) is 3.05. The van der Waals surface area contributed by atoms with Crippen LogP contribution in [0.1, 0.15) is 48.2 Å². The molecule has 1 aromatic heterocycles. The number of carbonyl (C=O) groups excluding carboxylic acids is 2. The summed E-state index contributed by atoms with van der Waals surface area (Å²) in [6, 6.07) is 4.40. The summed E-state index contributed by atoms with van der Waals surface area (Å²) in [7, 11) is 0. The van der Waals surface area contributed by atoms with Crippen LogP contribution in [0.5, 0.6) is 0 Å². The fourth-order valence-electron chi connectivity index (χ4n) is 4.63. The maximum absolute atomic E-state index is 12.9. The van der Waals surface area contributed by atoms with Crippen LogP contribution in [0, 0.1) is 12.8 Å². The first-order valence-electron chi connectivity index (χ1n) is 10.4. The fraction of sp³-hybridized carbons (Fsp3) is 0.667. The number of hydrogen-bond donors (Lipinski definition) is 0. The maximum Gasteiger partial charge on any atom is 0.255 e. The molecule has 2 amide bonds. The number of likely N-dealkylation sites (tertiary alicyclic amines) is 1. The van der Waals surface area contributed by atoms with Crippen LogP contribution in [-0.4, -0.2) is 76.8 Å². The molecule has 3 heterocycles. The van der Waals surface area contributed by atoms with E-state index < -0.39 is 0 Å². The summed E-state index contributed by atoms with van der Waals surface area (Å²) in [5.74, 6) is 0.176. The number of amides is 2. The zero-order chi connectivity index (χ0) is 18.8.